The first-order chi connectivity index (χ1) is 10.2. The number of nitrogens with zero attached hydrogens (tertiary/aromatic N) is 2. The van der Waals surface area contributed by atoms with Crippen molar-refractivity contribution in [3.63, 3.8) is 0 Å². The zero-order valence-electron chi connectivity index (χ0n) is 11.9. The summed E-state index contributed by atoms with van der Waals surface area (Å²) >= 11 is 1.42. The molecular formula is C16H19N3OS. The summed E-state index contributed by atoms with van der Waals surface area (Å²) in [4.78, 5) is 18.5. The molecule has 110 valence electrons. The minimum atomic E-state index is -0.0678. The van der Waals surface area contributed by atoms with Crippen molar-refractivity contribution in [1.29, 1.82) is 0 Å². The minimum Gasteiger partial charge on any atom is -0.333 e. The van der Waals surface area contributed by atoms with Gasteiger partial charge in [0.25, 0.3) is 5.91 Å². The Morgan fingerprint density at radius 2 is 2.14 bits per heavy atom. The highest BCUT2D eigenvalue weighted by Crippen LogP contribution is 2.12. The van der Waals surface area contributed by atoms with Gasteiger partial charge in [0.1, 0.15) is 10.7 Å². The Hall–Kier alpha value is -1.98. The molecule has 1 aromatic heterocycles. The fourth-order valence-corrected chi connectivity index (χ4v) is 2.65. The molecule has 4 nitrogen and oxygen atoms in total. The number of amides is 1. The van der Waals surface area contributed by atoms with E-state index in [9.17, 15) is 4.79 Å². The monoisotopic (exact) mass is 301 g/mol. The van der Waals surface area contributed by atoms with Crippen LogP contribution in [0.1, 0.15) is 21.1 Å². The highest BCUT2D eigenvalue weighted by Gasteiger charge is 2.17. The van der Waals surface area contributed by atoms with Crippen molar-refractivity contribution in [3.8, 4) is 0 Å². The second-order valence-corrected chi connectivity index (χ2v) is 5.55. The van der Waals surface area contributed by atoms with Gasteiger partial charge in [-0.15, -0.1) is 17.9 Å². The molecule has 0 aliphatic carbocycles. The van der Waals surface area contributed by atoms with Crippen molar-refractivity contribution in [2.45, 2.75) is 13.0 Å². The summed E-state index contributed by atoms with van der Waals surface area (Å²) in [6.07, 6.45) is 2.55. The van der Waals surface area contributed by atoms with E-state index >= 15 is 0 Å². The molecule has 2 N–H and O–H groups in total. The lowest BCUT2D eigenvalue weighted by molar-refractivity contribution is 0.0770. The predicted molar refractivity (Wildman–Crippen MR) is 86.3 cm³/mol. The van der Waals surface area contributed by atoms with Crippen molar-refractivity contribution in [2.75, 3.05) is 13.1 Å². The van der Waals surface area contributed by atoms with Crippen LogP contribution < -0.4 is 5.73 Å². The van der Waals surface area contributed by atoms with Crippen molar-refractivity contribution >= 4 is 17.2 Å². The topological polar surface area (TPSA) is 59.2 Å². The molecule has 2 rings (SSSR count). The lowest BCUT2D eigenvalue weighted by atomic mass is 10.1. The molecule has 0 saturated carbocycles. The molecule has 1 heterocycles. The lowest BCUT2D eigenvalue weighted by Crippen LogP contribution is -2.33. The van der Waals surface area contributed by atoms with E-state index in [2.05, 4.69) is 23.7 Å². The standard InChI is InChI=1S/C16H19N3OS/c1-2-9-19(10-8-13-6-4-3-5-7-13)16(20)14-12-21-15(11-17)18-14/h2-7,12H,1,8-11,17H2. The SMILES string of the molecule is C=CCN(CCc1ccccc1)C(=O)c1csc(CN)n1. The van der Waals surface area contributed by atoms with Crippen LogP contribution >= 0.6 is 11.3 Å². The minimum absolute atomic E-state index is 0.0678. The van der Waals surface area contributed by atoms with Crippen LogP contribution in [0.25, 0.3) is 0 Å². The van der Waals surface area contributed by atoms with E-state index in [1.54, 1.807) is 16.4 Å². The Balaban J connectivity index is 2.03. The summed E-state index contributed by atoms with van der Waals surface area (Å²) < 4.78 is 0. The fourth-order valence-electron chi connectivity index (χ4n) is 2.01. The Bertz CT molecular complexity index is 595. The number of carbonyl (C=O) groups is 1. The summed E-state index contributed by atoms with van der Waals surface area (Å²) in [5, 5.41) is 2.54. The van der Waals surface area contributed by atoms with E-state index in [0.717, 1.165) is 11.4 Å². The van der Waals surface area contributed by atoms with Gasteiger partial charge in [0.05, 0.1) is 0 Å². The van der Waals surface area contributed by atoms with Crippen LogP contribution in [0.2, 0.25) is 0 Å². The number of hydrogen-bond acceptors (Lipinski definition) is 4. The molecule has 0 spiro atoms. The molecule has 0 aliphatic heterocycles. The zero-order chi connectivity index (χ0) is 15.1. The zero-order valence-corrected chi connectivity index (χ0v) is 12.7. The molecule has 21 heavy (non-hydrogen) atoms. The molecule has 5 heteroatoms. The number of nitrogens with two attached hydrogens (primary N) is 1. The highest BCUT2D eigenvalue weighted by atomic mass is 32.1. The fraction of sp³-hybridized carbons (Fsp3) is 0.250. The van der Waals surface area contributed by atoms with E-state index in [-0.39, 0.29) is 5.91 Å². The number of aromatic nitrogens is 1. The first-order valence-corrected chi connectivity index (χ1v) is 7.71. The Kier molecular flexibility index (Phi) is 5.66. The van der Waals surface area contributed by atoms with Crippen LogP contribution in [-0.2, 0) is 13.0 Å². The Morgan fingerprint density at radius 3 is 2.76 bits per heavy atom. The maximum atomic E-state index is 12.5. The number of benzene rings is 1. The second kappa shape index (κ2) is 7.71. The number of hydrogen-bond donors (Lipinski definition) is 1. The predicted octanol–water partition coefficient (Wildman–Crippen LogP) is 2.47. The average molecular weight is 301 g/mol. The molecule has 0 aliphatic rings. The first kappa shape index (κ1) is 15.4. The molecule has 1 amide bonds. The molecule has 2 aromatic rings. The van der Waals surface area contributed by atoms with Gasteiger partial charge in [-0.1, -0.05) is 36.4 Å². The third-order valence-corrected chi connectivity index (χ3v) is 3.97. The first-order valence-electron chi connectivity index (χ1n) is 6.83. The van der Waals surface area contributed by atoms with Gasteiger partial charge >= 0.3 is 0 Å². The largest absolute Gasteiger partial charge is 0.333 e. The average Bonchev–Trinajstić information content (AvgIpc) is 3.01. The van der Waals surface area contributed by atoms with Gasteiger partial charge in [-0.25, -0.2) is 4.98 Å². The summed E-state index contributed by atoms with van der Waals surface area (Å²) in [5.74, 6) is -0.0678. The summed E-state index contributed by atoms with van der Waals surface area (Å²) in [6.45, 7) is 5.24. The Labute approximate surface area is 128 Å². The molecule has 0 bridgehead atoms. The van der Waals surface area contributed by atoms with Crippen LogP contribution in [0, 0.1) is 0 Å². The van der Waals surface area contributed by atoms with Crippen molar-refractivity contribution in [2.24, 2.45) is 5.73 Å². The van der Waals surface area contributed by atoms with Crippen LogP contribution in [0.15, 0.2) is 48.4 Å². The van der Waals surface area contributed by atoms with Crippen LogP contribution in [-0.4, -0.2) is 28.9 Å². The van der Waals surface area contributed by atoms with Crippen LogP contribution in [0.3, 0.4) is 0 Å². The number of rotatable bonds is 7. The molecule has 0 atom stereocenters. The number of thiazole rings is 1. The van der Waals surface area contributed by atoms with Gasteiger partial charge in [-0.2, -0.15) is 0 Å². The van der Waals surface area contributed by atoms with E-state index < -0.39 is 0 Å². The molecular weight excluding hydrogens is 282 g/mol. The van der Waals surface area contributed by atoms with Gasteiger partial charge < -0.3 is 10.6 Å². The molecule has 0 fully saturated rings. The molecule has 0 radical (unpaired) electrons. The third-order valence-electron chi connectivity index (χ3n) is 3.10. The number of carbonyl (C=O) groups excluding carboxylic acids is 1. The van der Waals surface area contributed by atoms with E-state index in [1.165, 1.54) is 16.9 Å². The second-order valence-electron chi connectivity index (χ2n) is 4.61. The van der Waals surface area contributed by atoms with E-state index in [4.69, 9.17) is 5.73 Å². The van der Waals surface area contributed by atoms with E-state index in [0.29, 0.717) is 25.3 Å². The normalized spacial score (nSPS) is 10.3. The highest BCUT2D eigenvalue weighted by molar-refractivity contribution is 7.09. The van der Waals surface area contributed by atoms with Crippen molar-refractivity contribution in [1.82, 2.24) is 9.88 Å². The maximum absolute atomic E-state index is 12.5. The quantitative estimate of drug-likeness (QED) is 0.799. The summed E-state index contributed by atoms with van der Waals surface area (Å²) in [5.41, 5.74) is 7.22. The van der Waals surface area contributed by atoms with Gasteiger partial charge in [0.2, 0.25) is 0 Å². The van der Waals surface area contributed by atoms with Crippen LogP contribution in [0.5, 0.6) is 0 Å². The smallest absolute Gasteiger partial charge is 0.273 e. The third kappa shape index (κ3) is 4.24. The maximum Gasteiger partial charge on any atom is 0.273 e. The molecule has 0 unspecified atom stereocenters. The molecule has 0 saturated heterocycles. The van der Waals surface area contributed by atoms with Gasteiger partial charge in [0, 0.05) is 25.0 Å². The van der Waals surface area contributed by atoms with E-state index in [1.807, 2.05) is 18.2 Å². The van der Waals surface area contributed by atoms with Gasteiger partial charge in [0.15, 0.2) is 0 Å². The lowest BCUT2D eigenvalue weighted by Gasteiger charge is -2.20. The molecule has 1 aromatic carbocycles. The summed E-state index contributed by atoms with van der Waals surface area (Å²) in [7, 11) is 0. The summed E-state index contributed by atoms with van der Waals surface area (Å²) in [6, 6.07) is 10.1. The van der Waals surface area contributed by atoms with Crippen molar-refractivity contribution < 1.29 is 4.79 Å². The van der Waals surface area contributed by atoms with Gasteiger partial charge in [-0.3, -0.25) is 4.79 Å². The Morgan fingerprint density at radius 1 is 1.38 bits per heavy atom. The van der Waals surface area contributed by atoms with Crippen molar-refractivity contribution in [3.05, 3.63) is 64.6 Å². The van der Waals surface area contributed by atoms with Gasteiger partial charge in [-0.05, 0) is 12.0 Å². The van der Waals surface area contributed by atoms with Crippen LogP contribution in [0.4, 0.5) is 0 Å².